The summed E-state index contributed by atoms with van der Waals surface area (Å²) >= 11 is 0. The normalized spacial score (nSPS) is 37.3. The monoisotopic (exact) mass is 263 g/mol. The van der Waals surface area contributed by atoms with Crippen LogP contribution in [0.25, 0.3) is 0 Å². The van der Waals surface area contributed by atoms with E-state index in [1.807, 2.05) is 0 Å². The summed E-state index contributed by atoms with van der Waals surface area (Å²) < 4.78 is 6.17. The first-order chi connectivity index (χ1) is 8.98. The van der Waals surface area contributed by atoms with Crippen LogP contribution in [0.4, 0.5) is 0 Å². The van der Waals surface area contributed by atoms with E-state index >= 15 is 0 Å². The topological polar surface area (TPSA) is 35.2 Å². The van der Waals surface area contributed by atoms with Gasteiger partial charge in [0.1, 0.15) is 0 Å². The lowest BCUT2D eigenvalue weighted by molar-refractivity contribution is -0.0880. The summed E-state index contributed by atoms with van der Waals surface area (Å²) in [6.45, 7) is 5.69. The molecule has 2 unspecified atom stereocenters. The minimum Gasteiger partial charge on any atom is -0.375 e. The molecule has 1 saturated heterocycles. The van der Waals surface area contributed by atoms with E-state index in [0.29, 0.717) is 5.41 Å². The standard InChI is InChI=1S/C17H29NO/c1-16(2)10-14(9-15(18)12-16)13-5-8-19-17(11-13)6-3-4-7-17/h9,13,15H,3-8,10-12,18H2,1-2H3. The Kier molecular flexibility index (Phi) is 3.51. The molecular formula is C17H29NO. The van der Waals surface area contributed by atoms with Gasteiger partial charge in [-0.2, -0.15) is 0 Å². The van der Waals surface area contributed by atoms with Crippen LogP contribution in [0.5, 0.6) is 0 Å². The lowest BCUT2D eigenvalue weighted by Gasteiger charge is -2.42. The Labute approximate surface area is 117 Å². The summed E-state index contributed by atoms with van der Waals surface area (Å²) in [5, 5.41) is 0. The van der Waals surface area contributed by atoms with Gasteiger partial charge in [-0.1, -0.05) is 38.3 Å². The van der Waals surface area contributed by atoms with Gasteiger partial charge >= 0.3 is 0 Å². The smallest absolute Gasteiger partial charge is 0.0688 e. The highest BCUT2D eigenvalue weighted by Crippen LogP contribution is 2.47. The highest BCUT2D eigenvalue weighted by atomic mass is 16.5. The van der Waals surface area contributed by atoms with Crippen LogP contribution in [0.1, 0.15) is 65.2 Å². The van der Waals surface area contributed by atoms with Gasteiger partial charge in [0.05, 0.1) is 5.60 Å². The summed E-state index contributed by atoms with van der Waals surface area (Å²) in [5.74, 6) is 0.734. The van der Waals surface area contributed by atoms with Crippen molar-refractivity contribution in [2.45, 2.75) is 76.9 Å². The molecule has 2 aliphatic carbocycles. The predicted molar refractivity (Wildman–Crippen MR) is 78.9 cm³/mol. The van der Waals surface area contributed by atoms with E-state index in [2.05, 4.69) is 19.9 Å². The van der Waals surface area contributed by atoms with Gasteiger partial charge in [0, 0.05) is 12.6 Å². The molecule has 2 heteroatoms. The van der Waals surface area contributed by atoms with Gasteiger partial charge in [0.2, 0.25) is 0 Å². The molecule has 2 atom stereocenters. The molecule has 0 aromatic rings. The SMILES string of the molecule is CC1(C)CC(C2CCOC3(CCCC3)C2)=CC(N)C1. The first-order valence-corrected chi connectivity index (χ1v) is 8.08. The Balaban J connectivity index is 1.74. The largest absolute Gasteiger partial charge is 0.375 e. The zero-order valence-electron chi connectivity index (χ0n) is 12.6. The van der Waals surface area contributed by atoms with Crippen molar-refractivity contribution in [2.24, 2.45) is 17.1 Å². The molecule has 1 saturated carbocycles. The number of hydrogen-bond donors (Lipinski definition) is 1. The van der Waals surface area contributed by atoms with Crippen LogP contribution in [0, 0.1) is 11.3 Å². The second-order valence-corrected chi connectivity index (χ2v) is 7.88. The average Bonchev–Trinajstić information content (AvgIpc) is 2.75. The van der Waals surface area contributed by atoms with Crippen molar-refractivity contribution in [3.05, 3.63) is 11.6 Å². The molecule has 3 rings (SSSR count). The maximum atomic E-state index is 6.24. The Morgan fingerprint density at radius 1 is 1.21 bits per heavy atom. The van der Waals surface area contributed by atoms with Crippen molar-refractivity contribution >= 4 is 0 Å². The molecule has 0 amide bonds. The first kappa shape index (κ1) is 13.6. The third kappa shape index (κ3) is 2.90. The zero-order chi connectivity index (χ0) is 13.5. The van der Waals surface area contributed by atoms with Crippen LogP contribution in [0.2, 0.25) is 0 Å². The molecule has 2 fully saturated rings. The van der Waals surface area contributed by atoms with E-state index in [-0.39, 0.29) is 11.6 Å². The lowest BCUT2D eigenvalue weighted by atomic mass is 9.69. The van der Waals surface area contributed by atoms with Crippen LogP contribution in [-0.2, 0) is 4.74 Å². The fourth-order valence-corrected chi connectivity index (χ4v) is 4.65. The fraction of sp³-hybridized carbons (Fsp3) is 0.882. The van der Waals surface area contributed by atoms with E-state index in [1.54, 1.807) is 5.57 Å². The summed E-state index contributed by atoms with van der Waals surface area (Å²) in [6.07, 6.45) is 12.5. The Hall–Kier alpha value is -0.340. The van der Waals surface area contributed by atoms with Gasteiger partial charge in [0.15, 0.2) is 0 Å². The van der Waals surface area contributed by atoms with Gasteiger partial charge in [0.25, 0.3) is 0 Å². The van der Waals surface area contributed by atoms with E-state index in [9.17, 15) is 0 Å². The van der Waals surface area contributed by atoms with Gasteiger partial charge in [-0.3, -0.25) is 0 Å². The minimum atomic E-state index is 0.232. The molecule has 1 aliphatic heterocycles. The number of rotatable bonds is 1. The Morgan fingerprint density at radius 3 is 2.63 bits per heavy atom. The molecule has 2 N–H and O–H groups in total. The van der Waals surface area contributed by atoms with Crippen molar-refractivity contribution in [2.75, 3.05) is 6.61 Å². The molecule has 1 spiro atoms. The van der Waals surface area contributed by atoms with Crippen molar-refractivity contribution in [1.82, 2.24) is 0 Å². The number of hydrogen-bond acceptors (Lipinski definition) is 2. The highest BCUT2D eigenvalue weighted by Gasteiger charge is 2.42. The summed E-state index contributed by atoms with van der Waals surface area (Å²) in [4.78, 5) is 0. The van der Waals surface area contributed by atoms with Crippen LogP contribution in [0.3, 0.4) is 0 Å². The molecule has 0 aromatic carbocycles. The van der Waals surface area contributed by atoms with Crippen LogP contribution < -0.4 is 5.73 Å². The van der Waals surface area contributed by atoms with Crippen molar-refractivity contribution < 1.29 is 4.74 Å². The molecular weight excluding hydrogens is 234 g/mol. The number of ether oxygens (including phenoxy) is 1. The van der Waals surface area contributed by atoms with Gasteiger partial charge in [-0.25, -0.2) is 0 Å². The second-order valence-electron chi connectivity index (χ2n) is 7.88. The fourth-order valence-electron chi connectivity index (χ4n) is 4.65. The summed E-state index contributed by atoms with van der Waals surface area (Å²) in [6, 6.07) is 0.265. The van der Waals surface area contributed by atoms with Crippen LogP contribution >= 0.6 is 0 Å². The molecule has 3 aliphatic rings. The third-order valence-corrected chi connectivity index (χ3v) is 5.43. The van der Waals surface area contributed by atoms with Gasteiger partial charge in [-0.15, -0.1) is 0 Å². The highest BCUT2D eigenvalue weighted by molar-refractivity contribution is 5.18. The van der Waals surface area contributed by atoms with Crippen molar-refractivity contribution in [3.63, 3.8) is 0 Å². The second kappa shape index (κ2) is 4.89. The van der Waals surface area contributed by atoms with Crippen LogP contribution in [-0.4, -0.2) is 18.2 Å². The zero-order valence-corrected chi connectivity index (χ0v) is 12.6. The molecule has 1 heterocycles. The summed E-state index contributed by atoms with van der Waals surface area (Å²) in [5.41, 5.74) is 8.49. The maximum absolute atomic E-state index is 6.24. The number of nitrogens with two attached hydrogens (primary N) is 1. The molecule has 2 nitrogen and oxygen atoms in total. The maximum Gasteiger partial charge on any atom is 0.0688 e. The van der Waals surface area contributed by atoms with Crippen LogP contribution in [0.15, 0.2) is 11.6 Å². The van der Waals surface area contributed by atoms with E-state index in [1.165, 1.54) is 44.9 Å². The molecule has 0 radical (unpaired) electrons. The van der Waals surface area contributed by atoms with Crippen molar-refractivity contribution in [1.29, 1.82) is 0 Å². The minimum absolute atomic E-state index is 0.232. The lowest BCUT2D eigenvalue weighted by Crippen LogP contribution is -2.40. The van der Waals surface area contributed by atoms with Gasteiger partial charge in [-0.05, 0) is 49.9 Å². The quantitative estimate of drug-likeness (QED) is 0.730. The Morgan fingerprint density at radius 2 is 1.95 bits per heavy atom. The Bertz CT molecular complexity index is 365. The van der Waals surface area contributed by atoms with Crippen molar-refractivity contribution in [3.8, 4) is 0 Å². The van der Waals surface area contributed by atoms with E-state index in [4.69, 9.17) is 10.5 Å². The summed E-state index contributed by atoms with van der Waals surface area (Å²) in [7, 11) is 0. The van der Waals surface area contributed by atoms with Gasteiger partial charge < -0.3 is 10.5 Å². The number of allylic oxidation sites excluding steroid dienone is 1. The molecule has 19 heavy (non-hydrogen) atoms. The van der Waals surface area contributed by atoms with E-state index < -0.39 is 0 Å². The molecule has 0 aromatic heterocycles. The first-order valence-electron chi connectivity index (χ1n) is 8.08. The third-order valence-electron chi connectivity index (χ3n) is 5.43. The molecule has 108 valence electrons. The predicted octanol–water partition coefficient (Wildman–Crippen LogP) is 3.80. The molecule has 0 bridgehead atoms. The van der Waals surface area contributed by atoms with E-state index in [0.717, 1.165) is 18.9 Å². The average molecular weight is 263 g/mol.